The van der Waals surface area contributed by atoms with E-state index < -0.39 is 15.3 Å². The molecule has 0 spiro atoms. The van der Waals surface area contributed by atoms with Crippen LogP contribution < -0.4 is 15.4 Å². The van der Waals surface area contributed by atoms with Crippen LogP contribution in [0.15, 0.2) is 24.3 Å². The standard InChI is InChI=1S/C20H34N4O3S/c1-15(2)28(26,27)22-13-16(3)17-5-7-19(8-6-17)23-20(25)14-24-11-9-18(21-4)10-12-24/h5-8,15-16,18,21-22H,9-14H2,1-4H3,(H,23,25). The van der Waals surface area contributed by atoms with E-state index in [1.165, 1.54) is 0 Å². The lowest BCUT2D eigenvalue weighted by atomic mass is 10.0. The quantitative estimate of drug-likeness (QED) is 0.577. The first kappa shape index (κ1) is 22.8. The number of nitrogens with zero attached hydrogens (tertiary/aromatic N) is 1. The van der Waals surface area contributed by atoms with Gasteiger partial charge in [-0.1, -0.05) is 19.1 Å². The average molecular weight is 411 g/mol. The topological polar surface area (TPSA) is 90.5 Å². The number of piperidine rings is 1. The fraction of sp³-hybridized carbons (Fsp3) is 0.650. The minimum absolute atomic E-state index is 0.00611. The molecule has 28 heavy (non-hydrogen) atoms. The van der Waals surface area contributed by atoms with Crippen molar-refractivity contribution in [1.29, 1.82) is 0 Å². The highest BCUT2D eigenvalue weighted by Crippen LogP contribution is 2.18. The molecule has 1 heterocycles. The summed E-state index contributed by atoms with van der Waals surface area (Å²) >= 11 is 0. The number of rotatable bonds is 9. The lowest BCUT2D eigenvalue weighted by molar-refractivity contribution is -0.117. The molecule has 7 nitrogen and oxygen atoms in total. The lowest BCUT2D eigenvalue weighted by Gasteiger charge is -2.31. The predicted octanol–water partition coefficient (Wildman–Crippen LogP) is 1.74. The maximum Gasteiger partial charge on any atom is 0.238 e. The molecule has 1 aliphatic rings. The fourth-order valence-corrected chi connectivity index (χ4v) is 4.02. The minimum Gasteiger partial charge on any atom is -0.325 e. The third-order valence-corrected chi connectivity index (χ3v) is 7.15. The van der Waals surface area contributed by atoms with E-state index in [-0.39, 0.29) is 11.8 Å². The van der Waals surface area contributed by atoms with Crippen molar-refractivity contribution in [3.05, 3.63) is 29.8 Å². The number of hydrogen-bond donors (Lipinski definition) is 3. The van der Waals surface area contributed by atoms with Crippen LogP contribution in [0.1, 0.15) is 45.1 Å². The Labute approximate surface area is 169 Å². The smallest absolute Gasteiger partial charge is 0.238 e. The number of likely N-dealkylation sites (tertiary alicyclic amines) is 1. The van der Waals surface area contributed by atoms with Gasteiger partial charge in [0.2, 0.25) is 15.9 Å². The number of nitrogens with one attached hydrogen (secondary N) is 3. The second-order valence-corrected chi connectivity index (χ2v) is 10.2. The van der Waals surface area contributed by atoms with Crippen LogP contribution in [-0.4, -0.2) is 63.7 Å². The van der Waals surface area contributed by atoms with Crippen LogP contribution in [0, 0.1) is 0 Å². The molecule has 1 unspecified atom stereocenters. The van der Waals surface area contributed by atoms with Gasteiger partial charge in [0.25, 0.3) is 0 Å². The Morgan fingerprint density at radius 1 is 1.14 bits per heavy atom. The van der Waals surface area contributed by atoms with Gasteiger partial charge < -0.3 is 10.6 Å². The van der Waals surface area contributed by atoms with Crippen LogP contribution in [0.4, 0.5) is 5.69 Å². The summed E-state index contributed by atoms with van der Waals surface area (Å²) in [6, 6.07) is 8.16. The fourth-order valence-electron chi connectivity index (χ4n) is 3.20. The Kier molecular flexibility index (Phi) is 8.42. The Balaban J connectivity index is 1.81. The summed E-state index contributed by atoms with van der Waals surface area (Å²) in [6.07, 6.45) is 2.13. The SMILES string of the molecule is CNC1CCN(CC(=O)Nc2ccc(C(C)CNS(=O)(=O)C(C)C)cc2)CC1. The molecule has 1 atom stereocenters. The molecule has 0 radical (unpaired) electrons. The first-order chi connectivity index (χ1) is 13.2. The van der Waals surface area contributed by atoms with E-state index in [4.69, 9.17) is 0 Å². The molecule has 1 fully saturated rings. The lowest BCUT2D eigenvalue weighted by Crippen LogP contribution is -2.44. The number of benzene rings is 1. The molecule has 1 aromatic carbocycles. The summed E-state index contributed by atoms with van der Waals surface area (Å²) in [5.74, 6) is 0.0418. The van der Waals surface area contributed by atoms with E-state index >= 15 is 0 Å². The summed E-state index contributed by atoms with van der Waals surface area (Å²) in [5.41, 5.74) is 1.78. The van der Waals surface area contributed by atoms with E-state index in [9.17, 15) is 13.2 Å². The van der Waals surface area contributed by atoms with E-state index in [1.54, 1.807) is 13.8 Å². The molecule has 0 aromatic heterocycles. The van der Waals surface area contributed by atoms with Crippen LogP contribution in [0.2, 0.25) is 0 Å². The highest BCUT2D eigenvalue weighted by Gasteiger charge is 2.20. The Morgan fingerprint density at radius 3 is 2.29 bits per heavy atom. The van der Waals surface area contributed by atoms with Crippen molar-refractivity contribution >= 4 is 21.6 Å². The van der Waals surface area contributed by atoms with Gasteiger partial charge in [0.05, 0.1) is 11.8 Å². The van der Waals surface area contributed by atoms with Crippen LogP contribution >= 0.6 is 0 Å². The molecular weight excluding hydrogens is 376 g/mol. The molecule has 0 aliphatic carbocycles. The summed E-state index contributed by atoms with van der Waals surface area (Å²) < 4.78 is 26.4. The molecule has 3 N–H and O–H groups in total. The normalized spacial score (nSPS) is 17.6. The zero-order valence-corrected chi connectivity index (χ0v) is 18.2. The van der Waals surface area contributed by atoms with Crippen molar-refractivity contribution in [2.75, 3.05) is 38.5 Å². The Hall–Kier alpha value is -1.48. The van der Waals surface area contributed by atoms with Gasteiger partial charge in [0.1, 0.15) is 0 Å². The van der Waals surface area contributed by atoms with E-state index in [0.717, 1.165) is 37.2 Å². The maximum atomic E-state index is 12.3. The van der Waals surface area contributed by atoms with E-state index in [2.05, 4.69) is 20.3 Å². The van der Waals surface area contributed by atoms with Crippen molar-refractivity contribution in [1.82, 2.24) is 14.9 Å². The molecule has 158 valence electrons. The molecule has 0 bridgehead atoms. The summed E-state index contributed by atoms with van der Waals surface area (Å²) in [7, 11) is -1.28. The van der Waals surface area contributed by atoms with Crippen LogP contribution in [0.3, 0.4) is 0 Å². The van der Waals surface area contributed by atoms with Gasteiger partial charge in [-0.05, 0) is 57.4 Å². The van der Waals surface area contributed by atoms with Gasteiger partial charge in [-0.25, -0.2) is 13.1 Å². The van der Waals surface area contributed by atoms with E-state index in [1.807, 2.05) is 38.2 Å². The van der Waals surface area contributed by atoms with Crippen molar-refractivity contribution < 1.29 is 13.2 Å². The third kappa shape index (κ3) is 6.84. The summed E-state index contributed by atoms with van der Waals surface area (Å²) in [4.78, 5) is 14.5. The molecule has 2 rings (SSSR count). The molecule has 1 aliphatic heterocycles. The Morgan fingerprint density at radius 2 is 1.75 bits per heavy atom. The monoisotopic (exact) mass is 410 g/mol. The maximum absolute atomic E-state index is 12.3. The number of carbonyl (C=O) groups is 1. The first-order valence-corrected chi connectivity index (χ1v) is 11.5. The van der Waals surface area contributed by atoms with Crippen LogP contribution in [0.25, 0.3) is 0 Å². The number of anilines is 1. The van der Waals surface area contributed by atoms with Gasteiger partial charge >= 0.3 is 0 Å². The van der Waals surface area contributed by atoms with E-state index in [0.29, 0.717) is 19.1 Å². The average Bonchev–Trinajstić information content (AvgIpc) is 2.67. The third-order valence-electron chi connectivity index (χ3n) is 5.34. The predicted molar refractivity (Wildman–Crippen MR) is 114 cm³/mol. The zero-order chi connectivity index (χ0) is 20.7. The van der Waals surface area contributed by atoms with Gasteiger partial charge in [-0.15, -0.1) is 0 Å². The number of carbonyl (C=O) groups excluding carboxylic acids is 1. The molecular formula is C20H34N4O3S. The molecule has 1 amide bonds. The van der Waals surface area contributed by atoms with Crippen LogP contribution in [0.5, 0.6) is 0 Å². The number of sulfonamides is 1. The van der Waals surface area contributed by atoms with Crippen molar-refractivity contribution in [2.24, 2.45) is 0 Å². The van der Waals surface area contributed by atoms with Crippen molar-refractivity contribution in [3.63, 3.8) is 0 Å². The summed E-state index contributed by atoms with van der Waals surface area (Å²) in [6.45, 7) is 7.93. The largest absolute Gasteiger partial charge is 0.325 e. The minimum atomic E-state index is -3.26. The Bertz CT molecular complexity index is 726. The molecule has 1 aromatic rings. The second-order valence-electron chi connectivity index (χ2n) is 7.85. The highest BCUT2D eigenvalue weighted by molar-refractivity contribution is 7.90. The molecule has 1 saturated heterocycles. The van der Waals surface area contributed by atoms with Gasteiger partial charge in [-0.2, -0.15) is 0 Å². The van der Waals surface area contributed by atoms with Crippen molar-refractivity contribution in [2.45, 2.75) is 50.8 Å². The van der Waals surface area contributed by atoms with Crippen molar-refractivity contribution in [3.8, 4) is 0 Å². The summed E-state index contributed by atoms with van der Waals surface area (Å²) in [5, 5.41) is 5.79. The number of hydrogen-bond acceptors (Lipinski definition) is 5. The van der Waals surface area contributed by atoms with Gasteiger partial charge in [-0.3, -0.25) is 9.69 Å². The number of amides is 1. The zero-order valence-electron chi connectivity index (χ0n) is 17.4. The van der Waals surface area contributed by atoms with Gasteiger partial charge in [0.15, 0.2) is 0 Å². The first-order valence-electron chi connectivity index (χ1n) is 9.99. The highest BCUT2D eigenvalue weighted by atomic mass is 32.2. The second kappa shape index (κ2) is 10.3. The van der Waals surface area contributed by atoms with Crippen LogP contribution in [-0.2, 0) is 14.8 Å². The van der Waals surface area contributed by atoms with Gasteiger partial charge in [0, 0.05) is 31.4 Å². The molecule has 0 saturated carbocycles. The molecule has 8 heteroatoms.